The van der Waals surface area contributed by atoms with Crippen molar-refractivity contribution in [1.82, 2.24) is 10.2 Å². The smallest absolute Gasteiger partial charge is 0.317 e. The second-order valence-electron chi connectivity index (χ2n) is 4.98. The molecule has 1 aromatic carbocycles. The molecule has 1 aliphatic rings. The van der Waals surface area contributed by atoms with Gasteiger partial charge in [-0.15, -0.1) is 0 Å². The molecule has 0 aromatic heterocycles. The maximum atomic E-state index is 11.7. The van der Waals surface area contributed by atoms with E-state index in [4.69, 9.17) is 0 Å². The molecule has 4 nitrogen and oxygen atoms in total. The first-order valence-electron chi connectivity index (χ1n) is 7.06. The van der Waals surface area contributed by atoms with Gasteiger partial charge in [-0.2, -0.15) is 0 Å². The van der Waals surface area contributed by atoms with Crippen molar-refractivity contribution in [3.63, 3.8) is 0 Å². The molecule has 1 heterocycles. The van der Waals surface area contributed by atoms with E-state index in [-0.39, 0.29) is 6.03 Å². The second-order valence-corrected chi connectivity index (χ2v) is 4.98. The van der Waals surface area contributed by atoms with E-state index >= 15 is 0 Å². The van der Waals surface area contributed by atoms with Crippen LogP contribution in [0.25, 0.3) is 0 Å². The minimum atomic E-state index is 0.000239. The van der Waals surface area contributed by atoms with Crippen LogP contribution in [0.1, 0.15) is 24.5 Å². The number of rotatable bonds is 4. The number of para-hydroxylation sites is 1. The third-order valence-electron chi connectivity index (χ3n) is 3.65. The Morgan fingerprint density at radius 3 is 3.11 bits per heavy atom. The SMILES string of the molecule is CCN(C)C(=O)NCCc1cccc2c1NCCC2. The fraction of sp³-hybridized carbons (Fsp3) is 0.533. The lowest BCUT2D eigenvalue weighted by atomic mass is 9.98. The highest BCUT2D eigenvalue weighted by molar-refractivity contribution is 5.73. The van der Waals surface area contributed by atoms with E-state index in [1.165, 1.54) is 23.2 Å². The number of carbonyl (C=O) groups excluding carboxylic acids is 1. The highest BCUT2D eigenvalue weighted by Gasteiger charge is 2.12. The van der Waals surface area contributed by atoms with Crippen LogP contribution in [0.3, 0.4) is 0 Å². The van der Waals surface area contributed by atoms with Crippen LogP contribution in [0.5, 0.6) is 0 Å². The van der Waals surface area contributed by atoms with Gasteiger partial charge in [-0.05, 0) is 37.3 Å². The summed E-state index contributed by atoms with van der Waals surface area (Å²) >= 11 is 0. The quantitative estimate of drug-likeness (QED) is 0.873. The number of benzene rings is 1. The number of aryl methyl sites for hydroxylation is 1. The van der Waals surface area contributed by atoms with E-state index in [0.29, 0.717) is 6.54 Å². The first kappa shape index (κ1) is 13.7. The zero-order valence-electron chi connectivity index (χ0n) is 11.8. The Bertz CT molecular complexity index is 445. The fourth-order valence-corrected chi connectivity index (χ4v) is 2.37. The Morgan fingerprint density at radius 1 is 1.47 bits per heavy atom. The third-order valence-corrected chi connectivity index (χ3v) is 3.65. The lowest BCUT2D eigenvalue weighted by Crippen LogP contribution is -2.38. The van der Waals surface area contributed by atoms with E-state index in [1.54, 1.807) is 11.9 Å². The van der Waals surface area contributed by atoms with Gasteiger partial charge in [-0.3, -0.25) is 0 Å². The number of urea groups is 1. The van der Waals surface area contributed by atoms with Crippen LogP contribution in [0.15, 0.2) is 18.2 Å². The minimum absolute atomic E-state index is 0.000239. The monoisotopic (exact) mass is 261 g/mol. The van der Waals surface area contributed by atoms with Crippen molar-refractivity contribution >= 4 is 11.7 Å². The van der Waals surface area contributed by atoms with Gasteiger partial charge in [-0.25, -0.2) is 4.79 Å². The third kappa shape index (κ3) is 3.40. The number of fused-ring (bicyclic) bond motifs is 1. The topological polar surface area (TPSA) is 44.4 Å². The largest absolute Gasteiger partial charge is 0.385 e. The van der Waals surface area contributed by atoms with Gasteiger partial charge < -0.3 is 15.5 Å². The first-order chi connectivity index (χ1) is 9.22. The van der Waals surface area contributed by atoms with Crippen LogP contribution in [0.4, 0.5) is 10.5 Å². The number of anilines is 1. The number of carbonyl (C=O) groups is 1. The maximum absolute atomic E-state index is 11.7. The van der Waals surface area contributed by atoms with Gasteiger partial charge in [0.25, 0.3) is 0 Å². The zero-order valence-corrected chi connectivity index (χ0v) is 11.8. The predicted molar refractivity (Wildman–Crippen MR) is 78.7 cm³/mol. The molecular formula is C15H23N3O. The lowest BCUT2D eigenvalue weighted by molar-refractivity contribution is 0.211. The fourth-order valence-electron chi connectivity index (χ4n) is 2.37. The molecule has 2 amide bonds. The highest BCUT2D eigenvalue weighted by atomic mass is 16.2. The summed E-state index contributed by atoms with van der Waals surface area (Å²) in [6, 6.07) is 6.45. The second kappa shape index (κ2) is 6.45. The molecule has 19 heavy (non-hydrogen) atoms. The highest BCUT2D eigenvalue weighted by Crippen LogP contribution is 2.26. The van der Waals surface area contributed by atoms with Crippen LogP contribution in [-0.2, 0) is 12.8 Å². The molecule has 0 bridgehead atoms. The molecule has 1 aliphatic heterocycles. The predicted octanol–water partition coefficient (Wildman–Crippen LogP) is 2.25. The molecule has 0 spiro atoms. The number of nitrogens with zero attached hydrogens (tertiary/aromatic N) is 1. The number of hydrogen-bond acceptors (Lipinski definition) is 2. The Hall–Kier alpha value is -1.71. The van der Waals surface area contributed by atoms with E-state index in [9.17, 15) is 4.79 Å². The van der Waals surface area contributed by atoms with Crippen molar-refractivity contribution in [2.45, 2.75) is 26.2 Å². The lowest BCUT2D eigenvalue weighted by Gasteiger charge is -2.21. The van der Waals surface area contributed by atoms with Crippen LogP contribution in [-0.4, -0.2) is 37.6 Å². The number of amides is 2. The molecule has 2 rings (SSSR count). The Morgan fingerprint density at radius 2 is 2.32 bits per heavy atom. The van der Waals surface area contributed by atoms with Crippen LogP contribution in [0, 0.1) is 0 Å². The average Bonchev–Trinajstić information content (AvgIpc) is 2.46. The van der Waals surface area contributed by atoms with Crippen molar-refractivity contribution in [2.24, 2.45) is 0 Å². The molecule has 0 fully saturated rings. The molecule has 1 aromatic rings. The summed E-state index contributed by atoms with van der Waals surface area (Å²) in [5.41, 5.74) is 3.99. The molecule has 0 radical (unpaired) electrons. The molecule has 0 atom stereocenters. The van der Waals surface area contributed by atoms with Gasteiger partial charge in [0.1, 0.15) is 0 Å². The van der Waals surface area contributed by atoms with Gasteiger partial charge in [0.05, 0.1) is 0 Å². The van der Waals surface area contributed by atoms with Gasteiger partial charge in [0.15, 0.2) is 0 Å². The minimum Gasteiger partial charge on any atom is -0.385 e. The zero-order chi connectivity index (χ0) is 13.7. The van der Waals surface area contributed by atoms with Crippen molar-refractivity contribution in [2.75, 3.05) is 32.0 Å². The van der Waals surface area contributed by atoms with E-state index in [2.05, 4.69) is 28.8 Å². The molecular weight excluding hydrogens is 238 g/mol. The number of nitrogens with one attached hydrogen (secondary N) is 2. The van der Waals surface area contributed by atoms with E-state index < -0.39 is 0 Å². The number of hydrogen-bond donors (Lipinski definition) is 2. The summed E-state index contributed by atoms with van der Waals surface area (Å²) in [5, 5.41) is 6.43. The molecule has 104 valence electrons. The Balaban J connectivity index is 1.91. The molecule has 4 heteroatoms. The van der Waals surface area contributed by atoms with Crippen molar-refractivity contribution in [3.8, 4) is 0 Å². The molecule has 0 saturated heterocycles. The summed E-state index contributed by atoms with van der Waals surface area (Å²) in [4.78, 5) is 13.3. The first-order valence-corrected chi connectivity index (χ1v) is 7.06. The normalized spacial score (nSPS) is 13.4. The Kier molecular flexibility index (Phi) is 4.66. The molecule has 2 N–H and O–H groups in total. The summed E-state index contributed by atoms with van der Waals surface area (Å²) in [6.45, 7) is 4.43. The molecule has 0 aliphatic carbocycles. The van der Waals surface area contributed by atoms with Crippen molar-refractivity contribution < 1.29 is 4.79 Å². The summed E-state index contributed by atoms with van der Waals surface area (Å²) in [7, 11) is 1.81. The van der Waals surface area contributed by atoms with Crippen LogP contribution < -0.4 is 10.6 Å². The van der Waals surface area contributed by atoms with Gasteiger partial charge in [-0.1, -0.05) is 18.2 Å². The standard InChI is InChI=1S/C15H23N3O/c1-3-18(2)15(19)17-11-9-13-7-4-6-12-8-5-10-16-14(12)13/h4,6-7,16H,3,5,8-11H2,1-2H3,(H,17,19). The van der Waals surface area contributed by atoms with Gasteiger partial charge in [0, 0.05) is 32.4 Å². The van der Waals surface area contributed by atoms with E-state index in [1.807, 2.05) is 6.92 Å². The average molecular weight is 261 g/mol. The van der Waals surface area contributed by atoms with Crippen LogP contribution >= 0.6 is 0 Å². The summed E-state index contributed by atoms with van der Waals surface area (Å²) in [5.74, 6) is 0. The maximum Gasteiger partial charge on any atom is 0.317 e. The molecule has 0 saturated carbocycles. The Labute approximate surface area is 115 Å². The van der Waals surface area contributed by atoms with Crippen LogP contribution in [0.2, 0.25) is 0 Å². The van der Waals surface area contributed by atoms with Crippen molar-refractivity contribution in [1.29, 1.82) is 0 Å². The summed E-state index contributed by atoms with van der Waals surface area (Å²) < 4.78 is 0. The van der Waals surface area contributed by atoms with Crippen molar-refractivity contribution in [3.05, 3.63) is 29.3 Å². The summed E-state index contributed by atoms with van der Waals surface area (Å²) in [6.07, 6.45) is 3.23. The molecule has 0 unspecified atom stereocenters. The van der Waals surface area contributed by atoms with E-state index in [0.717, 1.165) is 25.9 Å². The van der Waals surface area contributed by atoms with Gasteiger partial charge >= 0.3 is 6.03 Å². The van der Waals surface area contributed by atoms with Gasteiger partial charge in [0.2, 0.25) is 0 Å².